The van der Waals surface area contributed by atoms with Gasteiger partial charge in [-0.25, -0.2) is 43.0 Å². The van der Waals surface area contributed by atoms with E-state index < -0.39 is 0 Å². The number of fused-ring (bicyclic) bond motifs is 4. The summed E-state index contributed by atoms with van der Waals surface area (Å²) in [6.45, 7) is 9.74. The number of carbonyl (C=O) groups excluding carboxylic acids is 2. The van der Waals surface area contributed by atoms with E-state index in [0.717, 1.165) is 135 Å². The molecule has 0 radical (unpaired) electrons. The van der Waals surface area contributed by atoms with Crippen LogP contribution in [0.1, 0.15) is 61.2 Å². The highest BCUT2D eigenvalue weighted by Gasteiger charge is 2.23. The van der Waals surface area contributed by atoms with Crippen LogP contribution in [0.3, 0.4) is 0 Å². The predicted molar refractivity (Wildman–Crippen MR) is 515 cm³/mol. The fourth-order valence-corrected chi connectivity index (χ4v) is 15.0. The fourth-order valence-electron chi connectivity index (χ4n) is 15.0. The van der Waals surface area contributed by atoms with Crippen LogP contribution in [0.5, 0.6) is 5.88 Å². The number of aryl methyl sites for hydroxylation is 1. The zero-order valence-corrected chi connectivity index (χ0v) is 72.6. The smallest absolute Gasteiger partial charge is 0.232 e. The molecular formula is C103H91N25O4. The Labute approximate surface area is 760 Å². The molecule has 20 aromatic rings. The number of carbonyl (C=O) groups is 2. The topological polar surface area (TPSA) is 347 Å². The Morgan fingerprint density at radius 2 is 0.780 bits per heavy atom. The van der Waals surface area contributed by atoms with Crippen molar-refractivity contribution in [1.82, 2.24) is 93.3 Å². The van der Waals surface area contributed by atoms with Gasteiger partial charge in [-0.2, -0.15) is 0 Å². The van der Waals surface area contributed by atoms with Crippen molar-refractivity contribution in [3.05, 3.63) is 376 Å². The molecule has 1 unspecified atom stereocenters. The molecule has 14 aromatic heterocycles. The summed E-state index contributed by atoms with van der Waals surface area (Å²) in [6, 6.07) is 84.3. The SMILES string of the molecule is CC(=O)Nc1ccc(-c2nc(NCc3ccccn3)c3c(-c4ccccc4)ccn3n2)cc1.CC(=O)Nc1cncc(-c2nc(NCc3ccccn3)c3c(-c4ccccc4)ccn3n2)c1.CCC(CO)c1cncc(-c2nc(NCc3ccccc3)c3c(-c4ccccc4)ccn3n2)c1.Cc1cncc(-c2nc(NCCOc3cnccn3)c3c(-c4ccccc4)ccn3n2)c1. The van der Waals surface area contributed by atoms with Crippen molar-refractivity contribution in [1.29, 1.82) is 0 Å². The number of aliphatic hydroxyl groups is 1. The highest BCUT2D eigenvalue weighted by atomic mass is 16.5. The third-order valence-electron chi connectivity index (χ3n) is 21.3. The van der Waals surface area contributed by atoms with Gasteiger partial charge < -0.3 is 41.7 Å². The van der Waals surface area contributed by atoms with Crippen LogP contribution in [0.4, 0.5) is 34.6 Å². The van der Waals surface area contributed by atoms with Gasteiger partial charge in [0.15, 0.2) is 46.6 Å². The summed E-state index contributed by atoms with van der Waals surface area (Å²) in [6.07, 6.45) is 27.4. The Kier molecular flexibility index (Phi) is 27.4. The largest absolute Gasteiger partial charge is 0.475 e. The first-order chi connectivity index (χ1) is 64.9. The molecule has 0 aliphatic heterocycles. The van der Waals surface area contributed by atoms with E-state index in [1.807, 2.05) is 232 Å². The predicted octanol–water partition coefficient (Wildman–Crippen LogP) is 19.1. The van der Waals surface area contributed by atoms with Gasteiger partial charge in [0.2, 0.25) is 17.7 Å². The van der Waals surface area contributed by atoms with Crippen LogP contribution in [0.15, 0.2) is 348 Å². The van der Waals surface area contributed by atoms with Crippen LogP contribution in [0.2, 0.25) is 0 Å². The number of benzene rings is 6. The molecule has 0 saturated heterocycles. The normalized spacial score (nSPS) is 11.2. The van der Waals surface area contributed by atoms with Gasteiger partial charge in [-0.15, -0.1) is 20.4 Å². The van der Waals surface area contributed by atoms with Gasteiger partial charge in [0.1, 0.15) is 28.7 Å². The molecule has 0 bridgehead atoms. The minimum atomic E-state index is -0.166. The molecule has 0 aliphatic rings. The van der Waals surface area contributed by atoms with Crippen LogP contribution in [0.25, 0.3) is 112 Å². The average Bonchev–Trinajstić information content (AvgIpc) is 1.66. The third kappa shape index (κ3) is 21.3. The first-order valence-corrected chi connectivity index (χ1v) is 43.0. The highest BCUT2D eigenvalue weighted by Crippen LogP contribution is 2.38. The van der Waals surface area contributed by atoms with Crippen molar-refractivity contribution in [2.45, 2.75) is 59.7 Å². The van der Waals surface area contributed by atoms with Gasteiger partial charge >= 0.3 is 0 Å². The van der Waals surface area contributed by atoms with Crippen molar-refractivity contribution < 1.29 is 19.4 Å². The summed E-state index contributed by atoms with van der Waals surface area (Å²) in [4.78, 5) is 72.2. The second-order valence-electron chi connectivity index (χ2n) is 30.6. The van der Waals surface area contributed by atoms with Crippen LogP contribution in [-0.2, 0) is 29.2 Å². The summed E-state index contributed by atoms with van der Waals surface area (Å²) in [5, 5.41) is 48.2. The Morgan fingerprint density at radius 1 is 0.371 bits per heavy atom. The summed E-state index contributed by atoms with van der Waals surface area (Å²) in [5.74, 6) is 5.39. The first-order valence-electron chi connectivity index (χ1n) is 43.0. The van der Waals surface area contributed by atoms with Gasteiger partial charge in [-0.05, 0) is 143 Å². The number of hydrogen-bond acceptors (Lipinski definition) is 23. The first kappa shape index (κ1) is 86.6. The van der Waals surface area contributed by atoms with Crippen molar-refractivity contribution in [3.8, 4) is 95.9 Å². The second kappa shape index (κ2) is 41.8. The Hall–Kier alpha value is -17.5. The number of aromatic nitrogens is 19. The molecule has 0 fully saturated rings. The minimum Gasteiger partial charge on any atom is -0.475 e. The van der Waals surface area contributed by atoms with E-state index in [9.17, 15) is 14.7 Å². The molecule has 7 N–H and O–H groups in total. The fraction of sp³-hybridized carbons (Fsp3) is 0.117. The lowest BCUT2D eigenvalue weighted by Gasteiger charge is -2.14. The molecule has 29 nitrogen and oxygen atoms in total. The van der Waals surface area contributed by atoms with Crippen molar-refractivity contribution in [2.24, 2.45) is 0 Å². The van der Waals surface area contributed by atoms with Gasteiger partial charge in [0.05, 0.1) is 49.1 Å². The maximum absolute atomic E-state index is 11.5. The molecule has 6 aromatic carbocycles. The van der Waals surface area contributed by atoms with Gasteiger partial charge in [-0.3, -0.25) is 39.5 Å². The highest BCUT2D eigenvalue weighted by molar-refractivity contribution is 5.94. The van der Waals surface area contributed by atoms with Gasteiger partial charge in [0.25, 0.3) is 0 Å². The Balaban J connectivity index is 0.000000123. The molecule has 2 amide bonds. The lowest BCUT2D eigenvalue weighted by molar-refractivity contribution is -0.115. The van der Waals surface area contributed by atoms with E-state index in [0.29, 0.717) is 79.0 Å². The second-order valence-corrected chi connectivity index (χ2v) is 30.6. The van der Waals surface area contributed by atoms with E-state index in [-0.39, 0.29) is 24.3 Å². The lowest BCUT2D eigenvalue weighted by atomic mass is 9.98. The quantitative estimate of drug-likeness (QED) is 0.0235. The maximum atomic E-state index is 11.5. The Bertz CT molecular complexity index is 7260. The molecule has 20 rings (SSSR count). The number of ether oxygens (including phenoxy) is 1. The van der Waals surface area contributed by atoms with Crippen molar-refractivity contribution in [3.63, 3.8) is 0 Å². The number of anilines is 6. The minimum absolute atomic E-state index is 0.0446. The number of aliphatic hydroxyl groups excluding tert-OH is 1. The van der Waals surface area contributed by atoms with E-state index >= 15 is 0 Å². The number of rotatable bonds is 27. The zero-order chi connectivity index (χ0) is 90.3. The molecule has 29 heteroatoms. The molecule has 0 aliphatic carbocycles. The molecule has 132 heavy (non-hydrogen) atoms. The number of nitrogens with zero attached hydrogens (tertiary/aromatic N) is 19. The van der Waals surface area contributed by atoms with E-state index in [1.165, 1.54) is 19.4 Å². The maximum Gasteiger partial charge on any atom is 0.232 e. The van der Waals surface area contributed by atoms with Crippen LogP contribution >= 0.6 is 0 Å². The molecule has 1 atom stereocenters. The van der Waals surface area contributed by atoms with Crippen molar-refractivity contribution >= 4 is 68.5 Å². The lowest BCUT2D eigenvalue weighted by Crippen LogP contribution is -2.14. The van der Waals surface area contributed by atoms with Crippen LogP contribution < -0.4 is 36.6 Å². The van der Waals surface area contributed by atoms with Crippen LogP contribution in [-0.4, -0.2) is 130 Å². The number of amides is 2. The van der Waals surface area contributed by atoms with Crippen LogP contribution in [0, 0.1) is 6.92 Å². The molecule has 14 heterocycles. The third-order valence-corrected chi connectivity index (χ3v) is 21.3. The summed E-state index contributed by atoms with van der Waals surface area (Å²) in [5.41, 5.74) is 21.8. The number of hydrogen-bond donors (Lipinski definition) is 7. The summed E-state index contributed by atoms with van der Waals surface area (Å²) < 4.78 is 13.1. The standard InChI is InChI=1S/C28H27N5O.C26H22N6O.C25H21N7O.C24H21N7O/c1-2-21(19-34)23-15-24(18-29-17-23)27-31-28(30-16-20-9-5-3-6-10-20)26-25(13-14-33(26)32-27)22-11-7-4-8-12-22;1-18(33)29-21-12-10-20(11-13-21)25-30-26(28-17-22-9-5-6-15-27-22)24-23(14-16-32(24)31-25)19-7-3-2-4-8-19;1-17(33)29-21-13-19(14-26-15-21)24-30-25(28-16-20-9-5-6-11-27-20)23-22(10-12-32(23)31-24)18-7-3-2-4-8-18;1-17-13-19(15-26-14-17)23-29-24(28-10-12-32-21-16-25-8-9-27-21)22-20(7-11-31(22)30-23)18-5-3-2-4-6-18/h3-15,17-18,21,34H,2,16,19H2,1H3,(H,30,31,32);2-16H,17H2,1H3,(H,29,33)(H,28,30,31);2-15H,16H2,1H3,(H,29,33)(H,28,30,31);2-9,11,13-16H,10,12H2,1H3,(H,28,29,30). The number of pyridine rings is 5. The van der Waals surface area contributed by atoms with Crippen molar-refractivity contribution in [2.75, 3.05) is 51.7 Å². The van der Waals surface area contributed by atoms with Gasteiger partial charge in [-0.1, -0.05) is 171 Å². The van der Waals surface area contributed by atoms with Gasteiger partial charge in [0, 0.05) is 164 Å². The molecule has 0 spiro atoms. The summed E-state index contributed by atoms with van der Waals surface area (Å²) >= 11 is 0. The zero-order valence-electron chi connectivity index (χ0n) is 72.6. The average molecular weight is 1740 g/mol. The van der Waals surface area contributed by atoms with E-state index in [1.54, 1.807) is 61.8 Å². The van der Waals surface area contributed by atoms with E-state index in [2.05, 4.69) is 153 Å². The summed E-state index contributed by atoms with van der Waals surface area (Å²) in [7, 11) is 0. The molecular weight excluding hydrogens is 1650 g/mol. The Morgan fingerprint density at radius 3 is 1.20 bits per heavy atom. The van der Waals surface area contributed by atoms with E-state index in [4.69, 9.17) is 45.1 Å². The number of nitrogens with one attached hydrogen (secondary N) is 6. The molecule has 0 saturated carbocycles. The monoisotopic (exact) mass is 1740 g/mol. The molecule has 652 valence electrons.